The van der Waals surface area contributed by atoms with Gasteiger partial charge in [-0.3, -0.25) is 14.9 Å². The summed E-state index contributed by atoms with van der Waals surface area (Å²) in [5.41, 5.74) is -0.331. The second-order valence-corrected chi connectivity index (χ2v) is 3.78. The number of hydrogen-bond acceptors (Lipinski definition) is 5. The number of benzene rings is 1. The first-order valence-corrected chi connectivity index (χ1v) is 5.49. The Hall–Kier alpha value is -2.54. The highest BCUT2D eigenvalue weighted by Crippen LogP contribution is 2.19. The molecule has 8 heteroatoms. The van der Waals surface area contributed by atoms with Crippen LogP contribution in [0.1, 0.15) is 10.4 Å². The van der Waals surface area contributed by atoms with Crippen LogP contribution in [0.15, 0.2) is 36.5 Å². The molecule has 0 saturated heterocycles. The van der Waals surface area contributed by atoms with E-state index >= 15 is 0 Å². The smallest absolute Gasteiger partial charge is 0.282 e. The Kier molecular flexibility index (Phi) is 3.67. The third-order valence-electron chi connectivity index (χ3n) is 2.21. The molecule has 0 aliphatic heterocycles. The fourth-order valence-corrected chi connectivity index (χ4v) is 1.56. The van der Waals surface area contributed by atoms with Crippen LogP contribution in [0.25, 0.3) is 0 Å². The van der Waals surface area contributed by atoms with Crippen LogP contribution in [-0.2, 0) is 0 Å². The van der Waals surface area contributed by atoms with E-state index in [4.69, 9.17) is 11.6 Å². The van der Waals surface area contributed by atoms with Gasteiger partial charge >= 0.3 is 0 Å². The Labute approximate surface area is 112 Å². The Morgan fingerprint density at radius 3 is 2.74 bits per heavy atom. The largest absolute Gasteiger partial charge is 0.306 e. The molecule has 0 aliphatic rings. The number of amides is 1. The SMILES string of the molecule is O=C(Nc1ccnc(Cl)n1)c1ccccc1[N+](=O)[O-]. The van der Waals surface area contributed by atoms with Crippen LogP contribution in [0.4, 0.5) is 11.5 Å². The van der Waals surface area contributed by atoms with Crippen molar-refractivity contribution in [3.63, 3.8) is 0 Å². The third-order valence-corrected chi connectivity index (χ3v) is 2.40. The summed E-state index contributed by atoms with van der Waals surface area (Å²) in [5, 5.41) is 13.2. The van der Waals surface area contributed by atoms with E-state index in [2.05, 4.69) is 15.3 Å². The number of para-hydroxylation sites is 1. The first-order chi connectivity index (χ1) is 9.08. The number of rotatable bonds is 3. The molecule has 0 atom stereocenters. The highest BCUT2D eigenvalue weighted by Gasteiger charge is 2.19. The summed E-state index contributed by atoms with van der Waals surface area (Å²) in [6.07, 6.45) is 1.37. The number of nitro groups is 1. The minimum atomic E-state index is -0.637. The summed E-state index contributed by atoms with van der Waals surface area (Å²) in [6.45, 7) is 0. The van der Waals surface area contributed by atoms with Crippen LogP contribution in [0, 0.1) is 10.1 Å². The molecule has 96 valence electrons. The second kappa shape index (κ2) is 5.40. The maximum absolute atomic E-state index is 11.9. The van der Waals surface area contributed by atoms with Gasteiger partial charge in [0.15, 0.2) is 0 Å². The molecule has 7 nitrogen and oxygen atoms in total. The summed E-state index contributed by atoms with van der Waals surface area (Å²) in [7, 11) is 0. The summed E-state index contributed by atoms with van der Waals surface area (Å²) in [6, 6.07) is 7.06. The van der Waals surface area contributed by atoms with E-state index in [0.717, 1.165) is 0 Å². The van der Waals surface area contributed by atoms with Gasteiger partial charge in [-0.05, 0) is 23.7 Å². The molecule has 1 aromatic carbocycles. The minimum Gasteiger partial charge on any atom is -0.306 e. The number of carbonyl (C=O) groups excluding carboxylic acids is 1. The van der Waals surface area contributed by atoms with Gasteiger partial charge in [-0.15, -0.1) is 0 Å². The van der Waals surface area contributed by atoms with E-state index < -0.39 is 10.8 Å². The number of halogens is 1. The molecule has 1 N–H and O–H groups in total. The highest BCUT2D eigenvalue weighted by atomic mass is 35.5. The van der Waals surface area contributed by atoms with Gasteiger partial charge in [0.05, 0.1) is 4.92 Å². The first-order valence-electron chi connectivity index (χ1n) is 5.11. The predicted molar refractivity (Wildman–Crippen MR) is 68.1 cm³/mol. The number of nitro benzene ring substituents is 1. The van der Waals surface area contributed by atoms with Crippen molar-refractivity contribution >= 4 is 29.0 Å². The number of anilines is 1. The normalized spacial score (nSPS) is 9.95. The summed E-state index contributed by atoms with van der Waals surface area (Å²) in [4.78, 5) is 29.5. The average molecular weight is 279 g/mol. The molecule has 0 spiro atoms. The molecule has 0 saturated carbocycles. The molecule has 0 radical (unpaired) electrons. The average Bonchev–Trinajstić information content (AvgIpc) is 2.38. The molecule has 0 aliphatic carbocycles. The zero-order valence-electron chi connectivity index (χ0n) is 9.41. The Balaban J connectivity index is 2.28. The molecular formula is C11H7ClN4O3. The zero-order valence-corrected chi connectivity index (χ0v) is 10.2. The summed E-state index contributed by atoms with van der Waals surface area (Å²) >= 11 is 5.57. The molecule has 0 unspecified atom stereocenters. The van der Waals surface area contributed by atoms with Crippen molar-refractivity contribution in [3.8, 4) is 0 Å². The van der Waals surface area contributed by atoms with Gasteiger partial charge in [0.2, 0.25) is 5.28 Å². The quantitative estimate of drug-likeness (QED) is 0.527. The number of aromatic nitrogens is 2. The maximum Gasteiger partial charge on any atom is 0.282 e. The van der Waals surface area contributed by atoms with Crippen LogP contribution >= 0.6 is 11.6 Å². The maximum atomic E-state index is 11.9. The van der Waals surface area contributed by atoms with Crippen LogP contribution in [0.3, 0.4) is 0 Å². The Bertz CT molecular complexity index is 647. The fourth-order valence-electron chi connectivity index (χ4n) is 1.41. The van der Waals surface area contributed by atoms with E-state index in [1.165, 1.54) is 36.5 Å². The van der Waals surface area contributed by atoms with Gasteiger partial charge in [0, 0.05) is 12.3 Å². The fraction of sp³-hybridized carbons (Fsp3) is 0. The van der Waals surface area contributed by atoms with Gasteiger partial charge in [-0.2, -0.15) is 0 Å². The molecule has 1 amide bonds. The van der Waals surface area contributed by atoms with Crippen molar-refractivity contribution in [2.75, 3.05) is 5.32 Å². The van der Waals surface area contributed by atoms with Gasteiger partial charge in [0.1, 0.15) is 11.4 Å². The standard InChI is InChI=1S/C11H7ClN4O3/c12-11-13-6-5-9(15-11)14-10(17)7-3-1-2-4-8(7)16(18)19/h1-6H,(H,13,14,15,17). The molecule has 1 heterocycles. The van der Waals surface area contributed by atoms with Gasteiger partial charge in [-0.1, -0.05) is 12.1 Å². The zero-order chi connectivity index (χ0) is 13.8. The number of carbonyl (C=O) groups is 1. The molecule has 0 fully saturated rings. The van der Waals surface area contributed by atoms with Crippen molar-refractivity contribution in [2.24, 2.45) is 0 Å². The number of nitrogens with one attached hydrogen (secondary N) is 1. The number of hydrogen-bond donors (Lipinski definition) is 1. The first kappa shape index (κ1) is 12.9. The van der Waals surface area contributed by atoms with Crippen molar-refractivity contribution < 1.29 is 9.72 Å². The van der Waals surface area contributed by atoms with Gasteiger partial charge < -0.3 is 5.32 Å². The topological polar surface area (TPSA) is 98.0 Å². The van der Waals surface area contributed by atoms with E-state index in [9.17, 15) is 14.9 Å². The molecule has 19 heavy (non-hydrogen) atoms. The van der Waals surface area contributed by atoms with E-state index in [1.54, 1.807) is 0 Å². The second-order valence-electron chi connectivity index (χ2n) is 3.44. The van der Waals surface area contributed by atoms with Crippen molar-refractivity contribution in [1.29, 1.82) is 0 Å². The Morgan fingerprint density at radius 2 is 2.05 bits per heavy atom. The third kappa shape index (κ3) is 3.02. The van der Waals surface area contributed by atoms with E-state index in [1.807, 2.05) is 0 Å². The number of nitrogens with zero attached hydrogens (tertiary/aromatic N) is 3. The lowest BCUT2D eigenvalue weighted by atomic mass is 10.1. The van der Waals surface area contributed by atoms with E-state index in [0.29, 0.717) is 0 Å². The van der Waals surface area contributed by atoms with Crippen molar-refractivity contribution in [2.45, 2.75) is 0 Å². The van der Waals surface area contributed by atoms with Crippen LogP contribution in [0.5, 0.6) is 0 Å². The molecular weight excluding hydrogens is 272 g/mol. The van der Waals surface area contributed by atoms with E-state index in [-0.39, 0.29) is 22.4 Å². The molecule has 2 rings (SSSR count). The summed E-state index contributed by atoms with van der Waals surface area (Å²) in [5.74, 6) is -0.467. The lowest BCUT2D eigenvalue weighted by molar-refractivity contribution is -0.385. The molecule has 2 aromatic rings. The van der Waals surface area contributed by atoms with Crippen molar-refractivity contribution in [3.05, 3.63) is 57.5 Å². The molecule has 0 bridgehead atoms. The highest BCUT2D eigenvalue weighted by molar-refractivity contribution is 6.28. The summed E-state index contributed by atoms with van der Waals surface area (Å²) < 4.78 is 0. The minimum absolute atomic E-state index is 0.0274. The molecule has 1 aromatic heterocycles. The van der Waals surface area contributed by atoms with Crippen LogP contribution in [-0.4, -0.2) is 20.8 Å². The van der Waals surface area contributed by atoms with Gasteiger partial charge in [-0.25, -0.2) is 9.97 Å². The van der Waals surface area contributed by atoms with Crippen molar-refractivity contribution in [1.82, 2.24) is 9.97 Å². The monoisotopic (exact) mass is 278 g/mol. The lowest BCUT2D eigenvalue weighted by Gasteiger charge is -2.04. The Morgan fingerprint density at radius 1 is 1.32 bits per heavy atom. The van der Waals surface area contributed by atoms with Crippen LogP contribution in [0.2, 0.25) is 5.28 Å². The lowest BCUT2D eigenvalue weighted by Crippen LogP contribution is -2.14. The van der Waals surface area contributed by atoms with Gasteiger partial charge in [0.25, 0.3) is 11.6 Å². The predicted octanol–water partition coefficient (Wildman–Crippen LogP) is 2.29. The van der Waals surface area contributed by atoms with Crippen LogP contribution < -0.4 is 5.32 Å².